The Morgan fingerprint density at radius 2 is 1.90 bits per heavy atom. The van der Waals surface area contributed by atoms with E-state index in [4.69, 9.17) is 10.5 Å². The van der Waals surface area contributed by atoms with E-state index in [0.29, 0.717) is 45.9 Å². The van der Waals surface area contributed by atoms with Crippen LogP contribution >= 0.6 is 0 Å². The third-order valence-electron chi connectivity index (χ3n) is 7.71. The zero-order valence-corrected chi connectivity index (χ0v) is 23.1. The third kappa shape index (κ3) is 7.44. The summed E-state index contributed by atoms with van der Waals surface area (Å²) in [7, 11) is 0. The molecule has 13 nitrogen and oxygen atoms in total. The highest BCUT2D eigenvalue weighted by Gasteiger charge is 2.51. The minimum Gasteiger partial charge on any atom is -0.395 e. The van der Waals surface area contributed by atoms with Gasteiger partial charge < -0.3 is 36.4 Å². The molecule has 3 saturated heterocycles. The zero-order valence-electron chi connectivity index (χ0n) is 23.1. The molecule has 0 radical (unpaired) electrons. The number of rotatable bonds is 10. The minimum atomic E-state index is -1.08. The monoisotopic (exact) mass is 550 g/mol. The molecule has 2 amide bonds. The van der Waals surface area contributed by atoms with Gasteiger partial charge in [0.2, 0.25) is 0 Å². The number of hydrogen-bond donors (Lipinski definition) is 9. The normalized spacial score (nSPS) is 31.4. The quantitative estimate of drug-likeness (QED) is 0.151. The standard InChI is InChI=1S/C26H46N8O5/c1-26(2,3)16-5-7-17(8-6-16)32-25(38)28-9-4-10-33(11-12-35)13-18-20(36)21(37)24(39-18)34-15-31-19-22(27)29-14-30-23(19)34/h5-8,18-24,29-31,35-37H,4,9-15,27H2,1-3H3,(H2,28,32,38)/t18-,19?,20-,21-,22?,23?,24-/m1/s1. The summed E-state index contributed by atoms with van der Waals surface area (Å²) in [4.78, 5) is 16.2. The molecule has 0 spiro atoms. The van der Waals surface area contributed by atoms with Crippen molar-refractivity contribution in [2.75, 3.05) is 51.4 Å². The number of carbonyl (C=O) groups excluding carboxylic acids is 1. The van der Waals surface area contributed by atoms with Crippen LogP contribution in [0.3, 0.4) is 0 Å². The van der Waals surface area contributed by atoms with Crippen molar-refractivity contribution in [3.05, 3.63) is 29.8 Å². The molecule has 10 N–H and O–H groups in total. The van der Waals surface area contributed by atoms with Gasteiger partial charge in [0.1, 0.15) is 24.5 Å². The van der Waals surface area contributed by atoms with Crippen molar-refractivity contribution < 1.29 is 24.9 Å². The van der Waals surface area contributed by atoms with Crippen LogP contribution in [-0.2, 0) is 10.2 Å². The number of nitrogens with two attached hydrogens (primary N) is 1. The van der Waals surface area contributed by atoms with Gasteiger partial charge in [-0.05, 0) is 29.5 Å². The van der Waals surface area contributed by atoms with Crippen LogP contribution in [0.5, 0.6) is 0 Å². The first-order valence-corrected chi connectivity index (χ1v) is 13.8. The van der Waals surface area contributed by atoms with Gasteiger partial charge in [-0.15, -0.1) is 0 Å². The molecule has 3 heterocycles. The first-order chi connectivity index (χ1) is 18.6. The molecule has 0 aliphatic carbocycles. The zero-order chi connectivity index (χ0) is 28.2. The van der Waals surface area contributed by atoms with Gasteiger partial charge in [-0.2, -0.15) is 0 Å². The molecule has 3 fully saturated rings. The molecule has 0 saturated carbocycles. The Bertz CT molecular complexity index is 932. The number of ether oxygens (including phenoxy) is 1. The minimum absolute atomic E-state index is 0.0483. The second kappa shape index (κ2) is 13.2. The van der Waals surface area contributed by atoms with E-state index in [9.17, 15) is 20.1 Å². The van der Waals surface area contributed by atoms with Crippen LogP contribution in [0.25, 0.3) is 0 Å². The molecule has 7 atom stereocenters. The summed E-state index contributed by atoms with van der Waals surface area (Å²) in [5.74, 6) is 0. The highest BCUT2D eigenvalue weighted by atomic mass is 16.6. The number of nitrogens with one attached hydrogen (secondary N) is 5. The fraction of sp³-hybridized carbons (Fsp3) is 0.731. The van der Waals surface area contributed by atoms with Gasteiger partial charge in [0.25, 0.3) is 0 Å². The number of anilines is 1. The van der Waals surface area contributed by atoms with Crippen LogP contribution in [0.1, 0.15) is 32.8 Å². The van der Waals surface area contributed by atoms with E-state index in [1.54, 1.807) is 0 Å². The second-order valence-corrected chi connectivity index (χ2v) is 11.6. The first-order valence-electron chi connectivity index (χ1n) is 13.8. The topological polar surface area (TPSA) is 180 Å². The van der Waals surface area contributed by atoms with Gasteiger partial charge in [0, 0.05) is 38.5 Å². The van der Waals surface area contributed by atoms with E-state index in [1.165, 1.54) is 5.56 Å². The summed E-state index contributed by atoms with van der Waals surface area (Å²) in [6, 6.07) is 7.48. The Labute approximate surface area is 230 Å². The lowest BCUT2D eigenvalue weighted by Gasteiger charge is -2.38. The van der Waals surface area contributed by atoms with Gasteiger partial charge in [-0.1, -0.05) is 32.9 Å². The summed E-state index contributed by atoms with van der Waals surface area (Å²) in [5.41, 5.74) is 8.12. The van der Waals surface area contributed by atoms with Crippen molar-refractivity contribution in [2.24, 2.45) is 5.73 Å². The van der Waals surface area contributed by atoms with Crippen LogP contribution in [0.2, 0.25) is 0 Å². The van der Waals surface area contributed by atoms with Crippen molar-refractivity contribution >= 4 is 11.7 Å². The number of benzene rings is 1. The summed E-state index contributed by atoms with van der Waals surface area (Å²) in [6.45, 7) is 9.12. The van der Waals surface area contributed by atoms with E-state index < -0.39 is 24.5 Å². The molecule has 220 valence electrons. The summed E-state index contributed by atoms with van der Waals surface area (Å²) in [6.07, 6.45) is -3.19. The number of nitrogens with zero attached hydrogens (tertiary/aromatic N) is 2. The maximum absolute atomic E-state index is 12.3. The molecule has 3 aliphatic heterocycles. The largest absolute Gasteiger partial charge is 0.395 e. The van der Waals surface area contributed by atoms with Crippen LogP contribution < -0.4 is 32.3 Å². The molecule has 1 aromatic carbocycles. The van der Waals surface area contributed by atoms with Gasteiger partial charge in [0.15, 0.2) is 0 Å². The summed E-state index contributed by atoms with van der Waals surface area (Å²) >= 11 is 0. The Morgan fingerprint density at radius 3 is 2.59 bits per heavy atom. The van der Waals surface area contributed by atoms with Gasteiger partial charge in [0.05, 0.1) is 31.6 Å². The molecule has 39 heavy (non-hydrogen) atoms. The highest BCUT2D eigenvalue weighted by molar-refractivity contribution is 5.89. The van der Waals surface area contributed by atoms with Crippen molar-refractivity contribution in [3.63, 3.8) is 0 Å². The molecule has 0 bridgehead atoms. The van der Waals surface area contributed by atoms with Crippen molar-refractivity contribution in [1.29, 1.82) is 0 Å². The van der Waals surface area contributed by atoms with Gasteiger partial charge >= 0.3 is 6.03 Å². The molecule has 1 aromatic rings. The Kier molecular flexibility index (Phi) is 10.1. The van der Waals surface area contributed by atoms with E-state index in [-0.39, 0.29) is 36.4 Å². The smallest absolute Gasteiger partial charge is 0.319 e. The van der Waals surface area contributed by atoms with Crippen LogP contribution in [0, 0.1) is 0 Å². The number of hydrogen-bond acceptors (Lipinski definition) is 11. The summed E-state index contributed by atoms with van der Waals surface area (Å²) in [5, 5.41) is 46.7. The van der Waals surface area contributed by atoms with Crippen LogP contribution in [-0.4, -0.2) is 120 Å². The second-order valence-electron chi connectivity index (χ2n) is 11.6. The Hall–Kier alpha value is -1.91. The number of aliphatic hydroxyl groups is 3. The van der Waals surface area contributed by atoms with E-state index in [0.717, 1.165) is 5.69 Å². The third-order valence-corrected chi connectivity index (χ3v) is 7.71. The lowest BCUT2D eigenvalue weighted by molar-refractivity contribution is -0.107. The van der Waals surface area contributed by atoms with E-state index in [1.807, 2.05) is 34.1 Å². The fourth-order valence-electron chi connectivity index (χ4n) is 5.43. The highest BCUT2D eigenvalue weighted by Crippen LogP contribution is 2.29. The molecular weight excluding hydrogens is 504 g/mol. The number of urea groups is 1. The Morgan fingerprint density at radius 1 is 1.15 bits per heavy atom. The summed E-state index contributed by atoms with van der Waals surface area (Å²) < 4.78 is 6.15. The molecule has 13 heteroatoms. The van der Waals surface area contributed by atoms with E-state index in [2.05, 4.69) is 47.4 Å². The van der Waals surface area contributed by atoms with Crippen molar-refractivity contribution in [3.8, 4) is 0 Å². The number of aliphatic hydroxyl groups excluding tert-OH is 3. The SMILES string of the molecule is CC(C)(C)c1ccc(NC(=O)NCCCN(CCO)C[C@H]2O[C@@H](N3CNC4C(N)NCNC43)[C@H](O)[C@@H]2O)cc1. The lowest BCUT2D eigenvalue weighted by atomic mass is 9.87. The van der Waals surface area contributed by atoms with Crippen molar-refractivity contribution in [2.45, 2.75) is 75.5 Å². The molecule has 0 aromatic heterocycles. The van der Waals surface area contributed by atoms with Gasteiger partial charge in [-0.25, -0.2) is 9.69 Å². The number of fused-ring (bicyclic) bond motifs is 1. The average molecular weight is 551 g/mol. The van der Waals surface area contributed by atoms with E-state index >= 15 is 0 Å². The fourth-order valence-corrected chi connectivity index (χ4v) is 5.43. The predicted octanol–water partition coefficient (Wildman–Crippen LogP) is -1.77. The molecular formula is C26H46N8O5. The number of carbonyl (C=O) groups is 1. The number of amides is 2. The maximum atomic E-state index is 12.3. The molecule has 3 unspecified atom stereocenters. The van der Waals surface area contributed by atoms with Crippen LogP contribution in [0.4, 0.5) is 10.5 Å². The van der Waals surface area contributed by atoms with Crippen LogP contribution in [0.15, 0.2) is 24.3 Å². The Balaban J connectivity index is 1.22. The maximum Gasteiger partial charge on any atom is 0.319 e. The average Bonchev–Trinajstić information content (AvgIpc) is 3.44. The predicted molar refractivity (Wildman–Crippen MR) is 148 cm³/mol. The van der Waals surface area contributed by atoms with Gasteiger partial charge in [-0.3, -0.25) is 20.9 Å². The molecule has 4 rings (SSSR count). The molecule has 3 aliphatic rings. The van der Waals surface area contributed by atoms with Crippen molar-refractivity contribution in [1.82, 2.24) is 31.1 Å². The first kappa shape index (κ1) is 30.1. The lowest BCUT2D eigenvalue weighted by Crippen LogP contribution is -2.68.